The summed E-state index contributed by atoms with van der Waals surface area (Å²) in [6.07, 6.45) is 1.16. The number of aromatic amines is 1. The smallest absolute Gasteiger partial charge is 0.335 e. The lowest BCUT2D eigenvalue weighted by Crippen LogP contribution is -2.31. The molecule has 1 heterocycles. The van der Waals surface area contributed by atoms with Crippen LogP contribution in [0.3, 0.4) is 0 Å². The maximum Gasteiger partial charge on any atom is 0.335 e. The van der Waals surface area contributed by atoms with Crippen LogP contribution in [0.2, 0.25) is 10.0 Å². The van der Waals surface area contributed by atoms with Gasteiger partial charge in [-0.3, -0.25) is 14.8 Å². The second kappa shape index (κ2) is 6.96. The van der Waals surface area contributed by atoms with Gasteiger partial charge in [0.1, 0.15) is 5.56 Å². The van der Waals surface area contributed by atoms with Crippen molar-refractivity contribution in [3.05, 3.63) is 85.0 Å². The molecule has 3 rings (SSSR count). The second-order valence-electron chi connectivity index (χ2n) is 5.02. The zero-order valence-corrected chi connectivity index (χ0v) is 14.1. The Kier molecular flexibility index (Phi) is 4.74. The van der Waals surface area contributed by atoms with Gasteiger partial charge in [0.2, 0.25) is 5.88 Å². The Morgan fingerprint density at radius 3 is 2.56 bits per heavy atom. The molecular formula is C17H11Cl2N3O3. The van der Waals surface area contributed by atoms with E-state index in [1.807, 2.05) is 0 Å². The number of aliphatic imine (C=N–C) groups is 1. The minimum atomic E-state index is -0.810. The molecule has 0 aliphatic heterocycles. The van der Waals surface area contributed by atoms with Crippen molar-refractivity contribution in [2.24, 2.45) is 4.99 Å². The van der Waals surface area contributed by atoms with Crippen molar-refractivity contribution < 1.29 is 5.11 Å². The number of rotatable bonds is 3. The Labute approximate surface area is 151 Å². The monoisotopic (exact) mass is 375 g/mol. The molecule has 3 aromatic rings. The van der Waals surface area contributed by atoms with E-state index in [-0.39, 0.29) is 16.3 Å². The maximum atomic E-state index is 12.1. The number of aromatic hydroxyl groups is 1. The fraction of sp³-hybridized carbons (Fsp3) is 0. The number of nitrogens with zero attached hydrogens (tertiary/aromatic N) is 2. The van der Waals surface area contributed by atoms with Crippen molar-refractivity contribution in [3.63, 3.8) is 0 Å². The number of H-pyrrole nitrogens is 1. The molecule has 6 nitrogen and oxygen atoms in total. The van der Waals surface area contributed by atoms with Gasteiger partial charge in [0, 0.05) is 11.2 Å². The zero-order chi connectivity index (χ0) is 18.0. The molecule has 0 saturated carbocycles. The van der Waals surface area contributed by atoms with Crippen molar-refractivity contribution in [1.29, 1.82) is 0 Å². The molecule has 0 saturated heterocycles. The van der Waals surface area contributed by atoms with Gasteiger partial charge in [-0.15, -0.1) is 0 Å². The average molecular weight is 376 g/mol. The lowest BCUT2D eigenvalue weighted by atomic mass is 10.2. The van der Waals surface area contributed by atoms with Crippen LogP contribution in [0.5, 0.6) is 5.88 Å². The minimum Gasteiger partial charge on any atom is -0.493 e. The van der Waals surface area contributed by atoms with Crippen LogP contribution in [0.1, 0.15) is 5.56 Å². The molecule has 0 aliphatic carbocycles. The molecule has 25 heavy (non-hydrogen) atoms. The zero-order valence-electron chi connectivity index (χ0n) is 12.6. The fourth-order valence-corrected chi connectivity index (χ4v) is 2.61. The van der Waals surface area contributed by atoms with Crippen molar-refractivity contribution in [3.8, 4) is 11.6 Å². The molecule has 0 amide bonds. The van der Waals surface area contributed by atoms with Crippen LogP contribution in [0.4, 0.5) is 5.69 Å². The summed E-state index contributed by atoms with van der Waals surface area (Å²) in [4.78, 5) is 30.4. The van der Waals surface area contributed by atoms with Gasteiger partial charge in [-0.2, -0.15) is 0 Å². The van der Waals surface area contributed by atoms with E-state index in [4.69, 9.17) is 23.2 Å². The first-order chi connectivity index (χ1) is 12.0. The highest BCUT2D eigenvalue weighted by Gasteiger charge is 2.15. The Hall–Kier alpha value is -2.83. The lowest BCUT2D eigenvalue weighted by molar-refractivity contribution is 0.430. The summed E-state index contributed by atoms with van der Waals surface area (Å²) >= 11 is 12.0. The van der Waals surface area contributed by atoms with Gasteiger partial charge in [0.15, 0.2) is 0 Å². The molecule has 8 heteroatoms. The van der Waals surface area contributed by atoms with Crippen molar-refractivity contribution in [2.45, 2.75) is 0 Å². The van der Waals surface area contributed by atoms with Crippen molar-refractivity contribution in [1.82, 2.24) is 9.55 Å². The van der Waals surface area contributed by atoms with E-state index in [1.54, 1.807) is 48.5 Å². The highest BCUT2D eigenvalue weighted by molar-refractivity contribution is 6.32. The number of halogens is 2. The Morgan fingerprint density at radius 2 is 1.84 bits per heavy atom. The van der Waals surface area contributed by atoms with Crippen LogP contribution >= 0.6 is 23.2 Å². The van der Waals surface area contributed by atoms with Gasteiger partial charge in [0.25, 0.3) is 5.56 Å². The first-order valence-corrected chi connectivity index (χ1v) is 7.86. The highest BCUT2D eigenvalue weighted by atomic mass is 35.5. The van der Waals surface area contributed by atoms with E-state index in [2.05, 4.69) is 9.98 Å². The molecule has 126 valence electrons. The predicted octanol–water partition coefficient (Wildman–Crippen LogP) is 3.29. The molecule has 0 atom stereocenters. The lowest BCUT2D eigenvalue weighted by Gasteiger charge is -2.10. The molecule has 0 fully saturated rings. The van der Waals surface area contributed by atoms with Crippen LogP contribution < -0.4 is 11.2 Å². The largest absolute Gasteiger partial charge is 0.493 e. The summed E-state index contributed by atoms with van der Waals surface area (Å²) in [6.45, 7) is 0. The molecular weight excluding hydrogens is 365 g/mol. The third-order valence-electron chi connectivity index (χ3n) is 3.37. The first-order valence-electron chi connectivity index (χ1n) is 7.10. The number of benzene rings is 2. The Morgan fingerprint density at radius 1 is 1.08 bits per heavy atom. The molecule has 0 aliphatic rings. The topological polar surface area (TPSA) is 87.5 Å². The summed E-state index contributed by atoms with van der Waals surface area (Å²) in [5.74, 6) is -0.562. The van der Waals surface area contributed by atoms with Gasteiger partial charge in [0.05, 0.1) is 16.4 Å². The van der Waals surface area contributed by atoms with E-state index >= 15 is 0 Å². The van der Waals surface area contributed by atoms with Crippen LogP contribution in [-0.4, -0.2) is 20.9 Å². The summed E-state index contributed by atoms with van der Waals surface area (Å²) < 4.78 is 0.906. The van der Waals surface area contributed by atoms with Gasteiger partial charge >= 0.3 is 5.69 Å². The third kappa shape index (κ3) is 3.50. The fourth-order valence-electron chi connectivity index (χ4n) is 2.21. The van der Waals surface area contributed by atoms with E-state index in [0.717, 1.165) is 10.8 Å². The van der Waals surface area contributed by atoms with Gasteiger partial charge in [-0.25, -0.2) is 9.36 Å². The average Bonchev–Trinajstić information content (AvgIpc) is 2.56. The van der Waals surface area contributed by atoms with E-state index in [9.17, 15) is 14.7 Å². The Bertz CT molecular complexity index is 1090. The number of hydrogen-bond donors (Lipinski definition) is 2. The third-order valence-corrected chi connectivity index (χ3v) is 3.92. The van der Waals surface area contributed by atoms with Crippen LogP contribution in [0, 0.1) is 0 Å². The standard InChI is InChI=1S/C17H11Cl2N3O3/c18-10-4-3-5-11(8-10)20-9-12-15(23)21-17(25)22(16(12)24)14-7-2-1-6-13(14)19/h1-9,24H,(H,21,23,25). The Balaban J connectivity index is 2.16. The molecule has 2 aromatic carbocycles. The summed E-state index contributed by atoms with van der Waals surface area (Å²) in [5, 5.41) is 11.1. The minimum absolute atomic E-state index is 0.181. The molecule has 2 N–H and O–H groups in total. The van der Waals surface area contributed by atoms with E-state index in [1.165, 1.54) is 0 Å². The molecule has 0 bridgehead atoms. The molecule has 0 unspecified atom stereocenters. The molecule has 1 aromatic heterocycles. The van der Waals surface area contributed by atoms with Crippen LogP contribution in [0.15, 0.2) is 63.1 Å². The maximum absolute atomic E-state index is 12.1. The van der Waals surface area contributed by atoms with E-state index < -0.39 is 17.1 Å². The summed E-state index contributed by atoms with van der Waals surface area (Å²) in [6, 6.07) is 13.1. The van der Waals surface area contributed by atoms with Crippen LogP contribution in [-0.2, 0) is 0 Å². The van der Waals surface area contributed by atoms with Gasteiger partial charge in [-0.05, 0) is 30.3 Å². The number of hydrogen-bond acceptors (Lipinski definition) is 4. The normalized spacial score (nSPS) is 11.1. The predicted molar refractivity (Wildman–Crippen MR) is 98.0 cm³/mol. The number of aromatic nitrogens is 2. The second-order valence-corrected chi connectivity index (χ2v) is 5.87. The van der Waals surface area contributed by atoms with Crippen molar-refractivity contribution in [2.75, 3.05) is 0 Å². The van der Waals surface area contributed by atoms with Crippen molar-refractivity contribution >= 4 is 35.1 Å². The summed E-state index contributed by atoms with van der Waals surface area (Å²) in [5.41, 5.74) is -1.03. The van der Waals surface area contributed by atoms with Gasteiger partial charge in [-0.1, -0.05) is 41.4 Å². The molecule has 0 spiro atoms. The van der Waals surface area contributed by atoms with Crippen LogP contribution in [0.25, 0.3) is 5.69 Å². The first kappa shape index (κ1) is 17.0. The molecule has 0 radical (unpaired) electrons. The SMILES string of the molecule is O=c1[nH]c(=O)n(-c2ccccc2Cl)c(O)c1C=Nc1cccc(Cl)c1. The van der Waals surface area contributed by atoms with E-state index in [0.29, 0.717) is 10.7 Å². The van der Waals surface area contributed by atoms with Gasteiger partial charge < -0.3 is 5.11 Å². The number of nitrogens with one attached hydrogen (secondary N) is 1. The quantitative estimate of drug-likeness (QED) is 0.688. The highest BCUT2D eigenvalue weighted by Crippen LogP contribution is 2.23. The number of para-hydroxylation sites is 1. The summed E-state index contributed by atoms with van der Waals surface area (Å²) in [7, 11) is 0.